The number of aliphatic hydroxyl groups is 1. The molecule has 1 aromatic rings. The zero-order valence-electron chi connectivity index (χ0n) is 11.1. The molecule has 1 aromatic carbocycles. The van der Waals surface area contributed by atoms with E-state index in [1.807, 2.05) is 30.3 Å². The molecule has 0 aromatic heterocycles. The first kappa shape index (κ1) is 15.8. The molecule has 0 heterocycles. The molecule has 19 heavy (non-hydrogen) atoms. The first-order chi connectivity index (χ1) is 9.17. The van der Waals surface area contributed by atoms with Crippen LogP contribution in [0.25, 0.3) is 0 Å². The van der Waals surface area contributed by atoms with Crippen LogP contribution in [0.15, 0.2) is 41.8 Å². The van der Waals surface area contributed by atoms with Gasteiger partial charge < -0.3 is 10.4 Å². The van der Waals surface area contributed by atoms with E-state index < -0.39 is 0 Å². The van der Waals surface area contributed by atoms with Crippen molar-refractivity contribution in [2.45, 2.75) is 4.90 Å². The van der Waals surface area contributed by atoms with Crippen molar-refractivity contribution in [1.82, 2.24) is 4.90 Å². The molecule has 0 aliphatic carbocycles. The highest BCUT2D eigenvalue weighted by Crippen LogP contribution is 2.26. The Labute approximate surface area is 118 Å². The predicted octanol–water partition coefficient (Wildman–Crippen LogP) is 1.83. The van der Waals surface area contributed by atoms with Crippen LogP contribution < -0.4 is 5.32 Å². The molecule has 1 amide bonds. The molecule has 0 fully saturated rings. The van der Waals surface area contributed by atoms with Gasteiger partial charge in [-0.1, -0.05) is 18.2 Å². The van der Waals surface area contributed by atoms with E-state index in [0.717, 1.165) is 16.3 Å². The van der Waals surface area contributed by atoms with Crippen LogP contribution in [0.3, 0.4) is 0 Å². The number of anilines is 1. The average Bonchev–Trinajstić information content (AvgIpc) is 2.37. The Morgan fingerprint density at radius 2 is 2.26 bits per heavy atom. The van der Waals surface area contributed by atoms with Gasteiger partial charge in [0.2, 0.25) is 5.91 Å². The second-order valence-electron chi connectivity index (χ2n) is 4.11. The van der Waals surface area contributed by atoms with Gasteiger partial charge in [-0.15, -0.1) is 18.3 Å². The van der Waals surface area contributed by atoms with E-state index in [1.54, 1.807) is 23.7 Å². The summed E-state index contributed by atoms with van der Waals surface area (Å²) in [4.78, 5) is 14.7. The fourth-order valence-corrected chi connectivity index (χ4v) is 2.28. The number of nitrogens with zero attached hydrogens (tertiary/aromatic N) is 1. The van der Waals surface area contributed by atoms with E-state index in [9.17, 15) is 4.79 Å². The molecule has 0 aliphatic heterocycles. The second kappa shape index (κ2) is 8.74. The largest absolute Gasteiger partial charge is 0.395 e. The zero-order chi connectivity index (χ0) is 14.1. The Kier molecular flexibility index (Phi) is 7.25. The number of nitrogens with one attached hydrogen (secondary N) is 1. The third-order valence-electron chi connectivity index (χ3n) is 2.41. The fraction of sp³-hybridized carbons (Fsp3) is 0.357. The molecule has 0 bridgehead atoms. The Hall–Kier alpha value is -1.30. The van der Waals surface area contributed by atoms with Crippen molar-refractivity contribution in [3.63, 3.8) is 0 Å². The monoisotopic (exact) mass is 280 g/mol. The molecule has 0 spiro atoms. The lowest BCUT2D eigenvalue weighted by Gasteiger charge is -2.15. The number of para-hydroxylation sites is 1. The number of hydrogen-bond donors (Lipinski definition) is 2. The first-order valence-corrected chi connectivity index (χ1v) is 7.08. The summed E-state index contributed by atoms with van der Waals surface area (Å²) in [5, 5.41) is 11.7. The van der Waals surface area contributed by atoms with Crippen molar-refractivity contribution < 1.29 is 9.90 Å². The van der Waals surface area contributed by atoms with E-state index >= 15 is 0 Å². The predicted molar refractivity (Wildman–Crippen MR) is 80.6 cm³/mol. The van der Waals surface area contributed by atoms with Gasteiger partial charge in [-0.3, -0.25) is 9.69 Å². The smallest absolute Gasteiger partial charge is 0.238 e. The van der Waals surface area contributed by atoms with Crippen molar-refractivity contribution in [2.24, 2.45) is 0 Å². The van der Waals surface area contributed by atoms with Gasteiger partial charge in [0.05, 0.1) is 18.8 Å². The van der Waals surface area contributed by atoms with Crippen LogP contribution in [0.5, 0.6) is 0 Å². The lowest BCUT2D eigenvalue weighted by atomic mass is 10.3. The van der Waals surface area contributed by atoms with Crippen LogP contribution in [0.4, 0.5) is 5.69 Å². The van der Waals surface area contributed by atoms with E-state index in [0.29, 0.717) is 6.54 Å². The third kappa shape index (κ3) is 5.92. The van der Waals surface area contributed by atoms with Gasteiger partial charge >= 0.3 is 0 Å². The van der Waals surface area contributed by atoms with Crippen LogP contribution in [0.1, 0.15) is 0 Å². The number of carbonyl (C=O) groups excluding carboxylic acids is 1. The van der Waals surface area contributed by atoms with Gasteiger partial charge in [-0.05, 0) is 19.2 Å². The van der Waals surface area contributed by atoms with Crippen molar-refractivity contribution in [1.29, 1.82) is 0 Å². The quantitative estimate of drug-likeness (QED) is 0.563. The van der Waals surface area contributed by atoms with Crippen LogP contribution >= 0.6 is 11.8 Å². The van der Waals surface area contributed by atoms with Crippen LogP contribution in [0, 0.1) is 0 Å². The Morgan fingerprint density at radius 1 is 1.53 bits per heavy atom. The van der Waals surface area contributed by atoms with Crippen molar-refractivity contribution in [3.8, 4) is 0 Å². The Balaban J connectivity index is 2.60. The molecule has 1 rings (SSSR count). The number of likely N-dealkylation sites (N-methyl/N-ethyl adjacent to an activating group) is 1. The van der Waals surface area contributed by atoms with E-state index in [1.165, 1.54) is 0 Å². The van der Waals surface area contributed by atoms with E-state index in [2.05, 4.69) is 11.9 Å². The summed E-state index contributed by atoms with van der Waals surface area (Å²) in [6.45, 7) is 4.49. The Bertz CT molecular complexity index is 424. The number of benzene rings is 1. The van der Waals surface area contributed by atoms with Gasteiger partial charge in [0.15, 0.2) is 0 Å². The van der Waals surface area contributed by atoms with Crippen LogP contribution in [-0.4, -0.2) is 48.4 Å². The lowest BCUT2D eigenvalue weighted by molar-refractivity contribution is -0.117. The third-order valence-corrected chi connectivity index (χ3v) is 3.48. The lowest BCUT2D eigenvalue weighted by Crippen LogP contribution is -2.32. The summed E-state index contributed by atoms with van der Waals surface area (Å²) >= 11 is 1.63. The first-order valence-electron chi connectivity index (χ1n) is 6.09. The molecule has 0 atom stereocenters. The summed E-state index contributed by atoms with van der Waals surface area (Å²) in [7, 11) is 1.80. The summed E-state index contributed by atoms with van der Waals surface area (Å²) in [6.07, 6.45) is 1.83. The highest BCUT2D eigenvalue weighted by molar-refractivity contribution is 7.99. The maximum Gasteiger partial charge on any atom is 0.238 e. The zero-order valence-corrected chi connectivity index (χ0v) is 11.9. The topological polar surface area (TPSA) is 52.6 Å². The van der Waals surface area contributed by atoms with Gasteiger partial charge in [-0.2, -0.15) is 0 Å². The number of thioether (sulfide) groups is 1. The second-order valence-corrected chi connectivity index (χ2v) is 5.17. The molecule has 104 valence electrons. The van der Waals surface area contributed by atoms with Crippen molar-refractivity contribution in [2.75, 3.05) is 37.8 Å². The summed E-state index contributed by atoms with van der Waals surface area (Å²) in [6, 6.07) is 7.70. The molecule has 0 saturated carbocycles. The van der Waals surface area contributed by atoms with Crippen molar-refractivity contribution >= 4 is 23.4 Å². The van der Waals surface area contributed by atoms with Gasteiger partial charge in [0, 0.05) is 17.2 Å². The number of rotatable bonds is 8. The van der Waals surface area contributed by atoms with Gasteiger partial charge in [-0.25, -0.2) is 0 Å². The minimum absolute atomic E-state index is 0.0511. The minimum atomic E-state index is -0.0809. The molecular weight excluding hydrogens is 260 g/mol. The van der Waals surface area contributed by atoms with Crippen molar-refractivity contribution in [3.05, 3.63) is 36.9 Å². The molecule has 0 aliphatic rings. The highest BCUT2D eigenvalue weighted by atomic mass is 32.2. The van der Waals surface area contributed by atoms with E-state index in [4.69, 9.17) is 5.11 Å². The van der Waals surface area contributed by atoms with E-state index in [-0.39, 0.29) is 19.1 Å². The molecule has 2 N–H and O–H groups in total. The maximum atomic E-state index is 11.9. The highest BCUT2D eigenvalue weighted by Gasteiger charge is 2.08. The number of aliphatic hydroxyl groups excluding tert-OH is 1. The van der Waals surface area contributed by atoms with Crippen LogP contribution in [-0.2, 0) is 4.79 Å². The standard InChI is InChI=1S/C14H20N2O2S/c1-3-10-19-13-7-5-4-6-12(13)15-14(18)11-16(2)8-9-17/h3-7,17H,1,8-11H2,2H3,(H,15,18). The minimum Gasteiger partial charge on any atom is -0.395 e. The molecule has 0 radical (unpaired) electrons. The summed E-state index contributed by atoms with van der Waals surface area (Å²) in [5.74, 6) is 0.722. The normalized spacial score (nSPS) is 10.5. The Morgan fingerprint density at radius 3 is 2.95 bits per heavy atom. The van der Waals surface area contributed by atoms with Gasteiger partial charge in [0.25, 0.3) is 0 Å². The number of hydrogen-bond acceptors (Lipinski definition) is 4. The average molecular weight is 280 g/mol. The summed E-state index contributed by atoms with van der Waals surface area (Å²) < 4.78 is 0. The molecular formula is C14H20N2O2S. The number of amides is 1. The summed E-state index contributed by atoms with van der Waals surface area (Å²) in [5.41, 5.74) is 0.816. The molecule has 5 heteroatoms. The SMILES string of the molecule is C=CCSc1ccccc1NC(=O)CN(C)CCO. The maximum absolute atomic E-state index is 11.9. The molecule has 0 saturated heterocycles. The van der Waals surface area contributed by atoms with Gasteiger partial charge in [0.1, 0.15) is 0 Å². The number of carbonyl (C=O) groups is 1. The van der Waals surface area contributed by atoms with Crippen LogP contribution in [0.2, 0.25) is 0 Å². The molecule has 4 nitrogen and oxygen atoms in total. The molecule has 0 unspecified atom stereocenters. The fourth-order valence-electron chi connectivity index (χ4n) is 1.53.